The van der Waals surface area contributed by atoms with Crippen molar-refractivity contribution in [1.82, 2.24) is 20.2 Å². The van der Waals surface area contributed by atoms with Gasteiger partial charge in [0, 0.05) is 18.1 Å². The summed E-state index contributed by atoms with van der Waals surface area (Å²) in [5, 5.41) is 6.12. The molecule has 2 aromatic carbocycles. The topological polar surface area (TPSA) is 59.0 Å². The molecule has 0 saturated heterocycles. The van der Waals surface area contributed by atoms with Crippen molar-refractivity contribution >= 4 is 6.03 Å². The smallest absolute Gasteiger partial charge is 0.315 e. The van der Waals surface area contributed by atoms with E-state index >= 15 is 0 Å². The molecule has 2 unspecified atom stereocenters. The van der Waals surface area contributed by atoms with Crippen LogP contribution in [0, 0.1) is 0 Å². The number of fused-ring (bicyclic) bond motifs is 1. The maximum absolute atomic E-state index is 12.5. The summed E-state index contributed by atoms with van der Waals surface area (Å²) in [6, 6.07) is 14.5. The van der Waals surface area contributed by atoms with Crippen molar-refractivity contribution in [3.8, 4) is 5.69 Å². The molecule has 29 heavy (non-hydrogen) atoms. The van der Waals surface area contributed by atoms with Gasteiger partial charge in [-0.2, -0.15) is 0 Å². The molecule has 0 fully saturated rings. The van der Waals surface area contributed by atoms with Crippen LogP contribution in [0.2, 0.25) is 0 Å². The fourth-order valence-corrected chi connectivity index (χ4v) is 3.97. The average molecular weight is 389 g/mol. The van der Waals surface area contributed by atoms with Gasteiger partial charge >= 0.3 is 6.03 Å². The SMILES string of the molecule is CC(NC(=O)NC(C)c1ccc2c(c1)CCCC2)c1ccc(-n2ccnc2)cc1. The minimum Gasteiger partial charge on any atom is -0.332 e. The molecule has 1 heterocycles. The van der Waals surface area contributed by atoms with E-state index in [4.69, 9.17) is 0 Å². The van der Waals surface area contributed by atoms with Gasteiger partial charge in [0.15, 0.2) is 0 Å². The summed E-state index contributed by atoms with van der Waals surface area (Å²) >= 11 is 0. The molecule has 0 spiro atoms. The number of benzene rings is 2. The zero-order valence-electron chi connectivity index (χ0n) is 17.1. The van der Waals surface area contributed by atoms with Gasteiger partial charge in [0.05, 0.1) is 18.4 Å². The van der Waals surface area contributed by atoms with Crippen LogP contribution in [-0.2, 0) is 12.8 Å². The number of aryl methyl sites for hydroxylation is 2. The predicted molar refractivity (Wildman–Crippen MR) is 115 cm³/mol. The molecule has 3 aromatic rings. The van der Waals surface area contributed by atoms with Crippen molar-refractivity contribution in [1.29, 1.82) is 0 Å². The summed E-state index contributed by atoms with van der Waals surface area (Å²) in [5.41, 5.74) is 6.17. The van der Waals surface area contributed by atoms with Crippen molar-refractivity contribution in [3.63, 3.8) is 0 Å². The highest BCUT2D eigenvalue weighted by Gasteiger charge is 2.15. The first kappa shape index (κ1) is 19.2. The van der Waals surface area contributed by atoms with Gasteiger partial charge in [0.1, 0.15) is 0 Å². The van der Waals surface area contributed by atoms with Crippen LogP contribution in [-0.4, -0.2) is 15.6 Å². The summed E-state index contributed by atoms with van der Waals surface area (Å²) in [4.78, 5) is 16.6. The molecular formula is C24H28N4O. The molecule has 2 atom stereocenters. The van der Waals surface area contributed by atoms with Gasteiger partial charge in [-0.25, -0.2) is 9.78 Å². The molecule has 0 saturated carbocycles. The number of aromatic nitrogens is 2. The lowest BCUT2D eigenvalue weighted by Crippen LogP contribution is -2.38. The number of imidazole rings is 1. The number of hydrogen-bond donors (Lipinski definition) is 2. The summed E-state index contributed by atoms with van der Waals surface area (Å²) in [7, 11) is 0. The van der Waals surface area contributed by atoms with E-state index < -0.39 is 0 Å². The van der Waals surface area contributed by atoms with Crippen LogP contribution in [0.1, 0.15) is 61.0 Å². The minimum absolute atomic E-state index is 0.0296. The number of hydrogen-bond acceptors (Lipinski definition) is 2. The zero-order chi connectivity index (χ0) is 20.2. The van der Waals surface area contributed by atoms with Gasteiger partial charge < -0.3 is 15.2 Å². The van der Waals surface area contributed by atoms with E-state index in [-0.39, 0.29) is 18.1 Å². The quantitative estimate of drug-likeness (QED) is 0.655. The molecule has 5 heteroatoms. The Bertz CT molecular complexity index is 963. The largest absolute Gasteiger partial charge is 0.332 e. The molecule has 0 aliphatic heterocycles. The van der Waals surface area contributed by atoms with E-state index in [0.29, 0.717) is 0 Å². The number of urea groups is 1. The Morgan fingerprint density at radius 1 is 0.931 bits per heavy atom. The third-order valence-electron chi connectivity index (χ3n) is 5.76. The second kappa shape index (κ2) is 8.52. The van der Waals surface area contributed by atoms with E-state index in [1.54, 1.807) is 12.5 Å². The fourth-order valence-electron chi connectivity index (χ4n) is 3.97. The third-order valence-corrected chi connectivity index (χ3v) is 5.76. The Balaban J connectivity index is 1.35. The molecule has 1 aliphatic rings. The number of nitrogens with one attached hydrogen (secondary N) is 2. The first-order chi connectivity index (χ1) is 14.1. The minimum atomic E-state index is -0.151. The van der Waals surface area contributed by atoms with Crippen molar-refractivity contribution < 1.29 is 4.79 Å². The molecule has 0 radical (unpaired) electrons. The second-order valence-corrected chi connectivity index (χ2v) is 7.86. The normalized spacial score (nSPS) is 15.2. The van der Waals surface area contributed by atoms with E-state index in [1.807, 2.05) is 48.9 Å². The molecule has 150 valence electrons. The standard InChI is InChI=1S/C24H28N4O/c1-17(19-9-11-23(12-10-19)28-14-13-25-16-28)26-24(29)27-18(2)21-8-7-20-5-3-4-6-22(20)15-21/h7-18H,3-6H2,1-2H3,(H2,26,27,29). The van der Waals surface area contributed by atoms with Crippen molar-refractivity contribution in [3.05, 3.63) is 83.4 Å². The maximum atomic E-state index is 12.5. The molecule has 0 bridgehead atoms. The molecular weight excluding hydrogens is 360 g/mol. The Hall–Kier alpha value is -3.08. The van der Waals surface area contributed by atoms with Gasteiger partial charge in [0.2, 0.25) is 0 Å². The fraction of sp³-hybridized carbons (Fsp3) is 0.333. The van der Waals surface area contributed by atoms with Gasteiger partial charge in [-0.05, 0) is 73.9 Å². The highest BCUT2D eigenvalue weighted by atomic mass is 16.2. The van der Waals surface area contributed by atoms with E-state index in [0.717, 1.165) is 23.2 Å². The second-order valence-electron chi connectivity index (χ2n) is 7.86. The summed E-state index contributed by atoms with van der Waals surface area (Å²) < 4.78 is 1.95. The molecule has 2 amide bonds. The first-order valence-electron chi connectivity index (χ1n) is 10.4. The van der Waals surface area contributed by atoms with Crippen LogP contribution < -0.4 is 10.6 Å². The predicted octanol–water partition coefficient (Wildman–Crippen LogP) is 4.87. The highest BCUT2D eigenvalue weighted by molar-refractivity contribution is 5.75. The van der Waals surface area contributed by atoms with E-state index in [1.165, 1.54) is 30.4 Å². The van der Waals surface area contributed by atoms with E-state index in [2.05, 4.69) is 33.8 Å². The Morgan fingerprint density at radius 3 is 2.28 bits per heavy atom. The maximum Gasteiger partial charge on any atom is 0.315 e. The average Bonchev–Trinajstić information content (AvgIpc) is 3.28. The number of carbonyl (C=O) groups excluding carboxylic acids is 1. The molecule has 1 aromatic heterocycles. The van der Waals surface area contributed by atoms with Gasteiger partial charge in [-0.1, -0.05) is 30.3 Å². The molecule has 5 nitrogen and oxygen atoms in total. The molecule has 4 rings (SSSR count). The van der Waals surface area contributed by atoms with Crippen LogP contribution in [0.25, 0.3) is 5.69 Å². The molecule has 2 N–H and O–H groups in total. The lowest BCUT2D eigenvalue weighted by atomic mass is 9.89. The van der Waals surface area contributed by atoms with Crippen molar-refractivity contribution in [2.24, 2.45) is 0 Å². The summed E-state index contributed by atoms with van der Waals surface area (Å²) in [6.45, 7) is 4.03. The van der Waals surface area contributed by atoms with Crippen molar-refractivity contribution in [2.75, 3.05) is 0 Å². The van der Waals surface area contributed by atoms with Crippen LogP contribution in [0.4, 0.5) is 4.79 Å². The lowest BCUT2D eigenvalue weighted by molar-refractivity contribution is 0.235. The van der Waals surface area contributed by atoms with Crippen LogP contribution >= 0.6 is 0 Å². The monoisotopic (exact) mass is 388 g/mol. The van der Waals surface area contributed by atoms with Gasteiger partial charge in [-0.3, -0.25) is 0 Å². The van der Waals surface area contributed by atoms with Crippen LogP contribution in [0.15, 0.2) is 61.2 Å². The van der Waals surface area contributed by atoms with E-state index in [9.17, 15) is 4.79 Å². The number of amides is 2. The zero-order valence-corrected chi connectivity index (χ0v) is 17.1. The van der Waals surface area contributed by atoms with Crippen LogP contribution in [0.3, 0.4) is 0 Å². The number of carbonyl (C=O) groups is 1. The highest BCUT2D eigenvalue weighted by Crippen LogP contribution is 2.25. The number of nitrogens with zero attached hydrogens (tertiary/aromatic N) is 2. The Morgan fingerprint density at radius 2 is 1.59 bits per heavy atom. The van der Waals surface area contributed by atoms with Crippen LogP contribution in [0.5, 0.6) is 0 Å². The number of rotatable bonds is 5. The Labute approximate surface area is 172 Å². The lowest BCUT2D eigenvalue weighted by Gasteiger charge is -2.21. The first-order valence-corrected chi connectivity index (χ1v) is 10.4. The molecule has 1 aliphatic carbocycles. The van der Waals surface area contributed by atoms with Gasteiger partial charge in [0.25, 0.3) is 0 Å². The summed E-state index contributed by atoms with van der Waals surface area (Å²) in [5.74, 6) is 0. The van der Waals surface area contributed by atoms with Crippen molar-refractivity contribution in [2.45, 2.75) is 51.6 Å². The third kappa shape index (κ3) is 4.50. The Kier molecular flexibility index (Phi) is 5.65. The summed E-state index contributed by atoms with van der Waals surface area (Å²) in [6.07, 6.45) is 10.3. The van der Waals surface area contributed by atoms with Gasteiger partial charge in [-0.15, -0.1) is 0 Å².